The van der Waals surface area contributed by atoms with Gasteiger partial charge in [0.05, 0.1) is 17.6 Å². The summed E-state index contributed by atoms with van der Waals surface area (Å²) in [7, 11) is -3.88. The van der Waals surface area contributed by atoms with Gasteiger partial charge in [-0.1, -0.05) is 27.2 Å². The summed E-state index contributed by atoms with van der Waals surface area (Å²) in [5.74, 6) is -0.728. The van der Waals surface area contributed by atoms with Gasteiger partial charge < -0.3 is 0 Å². The molecule has 0 N–H and O–H groups in total. The number of hydrogen-bond donors (Lipinski definition) is 0. The number of carbonyl (C=O) groups is 2. The van der Waals surface area contributed by atoms with E-state index in [1.807, 2.05) is 6.92 Å². The minimum absolute atomic E-state index is 0.171. The van der Waals surface area contributed by atoms with Crippen LogP contribution in [0.1, 0.15) is 40.0 Å². The molecule has 124 valence electrons. The highest BCUT2D eigenvalue weighted by Crippen LogP contribution is 2.61. The van der Waals surface area contributed by atoms with Crippen molar-refractivity contribution in [3.05, 3.63) is 0 Å². The van der Waals surface area contributed by atoms with Gasteiger partial charge in [-0.05, 0) is 36.5 Å². The molecule has 6 atom stereocenters. The van der Waals surface area contributed by atoms with E-state index in [9.17, 15) is 18.0 Å². The number of hydroxylamine groups is 2. The fourth-order valence-corrected chi connectivity index (χ4v) is 5.69. The molecule has 2 amide bonds. The Morgan fingerprint density at radius 3 is 2.05 bits per heavy atom. The molecule has 22 heavy (non-hydrogen) atoms. The molecule has 1 saturated heterocycles. The lowest BCUT2D eigenvalue weighted by Gasteiger charge is -2.31. The van der Waals surface area contributed by atoms with Crippen LogP contribution in [0.4, 0.5) is 0 Å². The molecule has 0 aromatic heterocycles. The molecule has 0 aromatic carbocycles. The highest BCUT2D eigenvalue weighted by Gasteiger charge is 2.66. The molecule has 6 unspecified atom stereocenters. The normalized spacial score (nSPS) is 40.6. The second-order valence-corrected chi connectivity index (χ2v) is 8.67. The van der Waals surface area contributed by atoms with Gasteiger partial charge in [-0.2, -0.15) is 8.42 Å². The highest BCUT2D eigenvalue weighted by atomic mass is 32.2. The molecule has 0 aromatic rings. The van der Waals surface area contributed by atoms with E-state index in [2.05, 4.69) is 13.8 Å². The quantitative estimate of drug-likeness (QED) is 0.715. The van der Waals surface area contributed by atoms with E-state index in [1.165, 1.54) is 0 Å². The summed E-state index contributed by atoms with van der Waals surface area (Å²) < 4.78 is 28.7. The molecule has 1 heterocycles. The summed E-state index contributed by atoms with van der Waals surface area (Å²) in [6.07, 6.45) is 2.05. The first-order valence-electron chi connectivity index (χ1n) is 8.08. The molecule has 7 heteroatoms. The molecule has 2 saturated carbocycles. The smallest absolute Gasteiger partial charge is 0.272 e. The zero-order valence-electron chi connectivity index (χ0n) is 13.2. The first kappa shape index (κ1) is 15.9. The Bertz CT molecular complexity index is 569. The van der Waals surface area contributed by atoms with Gasteiger partial charge >= 0.3 is 0 Å². The van der Waals surface area contributed by atoms with Crippen molar-refractivity contribution in [2.24, 2.45) is 35.5 Å². The van der Waals surface area contributed by atoms with Crippen molar-refractivity contribution in [2.45, 2.75) is 40.0 Å². The zero-order chi connectivity index (χ0) is 16.2. The molecule has 3 rings (SSSR count). The molecule has 0 radical (unpaired) electrons. The van der Waals surface area contributed by atoms with Gasteiger partial charge in [0.25, 0.3) is 21.9 Å². The maximum Gasteiger partial charge on any atom is 0.288 e. The molecular formula is C15H23NO5S. The molecule has 3 aliphatic rings. The minimum Gasteiger partial charge on any atom is -0.272 e. The van der Waals surface area contributed by atoms with Crippen LogP contribution in [-0.2, 0) is 24.0 Å². The first-order valence-corrected chi connectivity index (χ1v) is 9.66. The Morgan fingerprint density at radius 2 is 1.59 bits per heavy atom. The number of rotatable bonds is 5. The van der Waals surface area contributed by atoms with E-state index in [-0.39, 0.29) is 29.4 Å². The minimum atomic E-state index is -3.88. The molecule has 6 nitrogen and oxygen atoms in total. The fourth-order valence-electron chi connectivity index (χ4n) is 4.60. The van der Waals surface area contributed by atoms with Gasteiger partial charge in [-0.15, -0.1) is 9.35 Å². The van der Waals surface area contributed by atoms with Gasteiger partial charge in [0.15, 0.2) is 0 Å². The second-order valence-electron chi connectivity index (χ2n) is 6.99. The van der Waals surface area contributed by atoms with Crippen molar-refractivity contribution in [1.29, 1.82) is 0 Å². The largest absolute Gasteiger partial charge is 0.288 e. The number of nitrogens with zero attached hydrogens (tertiary/aromatic N) is 1. The van der Waals surface area contributed by atoms with E-state index in [1.54, 1.807) is 0 Å². The van der Waals surface area contributed by atoms with Crippen LogP contribution in [0, 0.1) is 35.5 Å². The van der Waals surface area contributed by atoms with E-state index in [0.717, 1.165) is 6.42 Å². The standard InChI is InChI=1S/C15H23NO5S/c1-4-5-6-22(19,20)21-16-14(17)12-10-7-11(9(3)8(10)2)13(12)15(16)18/h8-13H,4-7H2,1-3H3. The second kappa shape index (κ2) is 5.30. The summed E-state index contributed by atoms with van der Waals surface area (Å²) in [6.45, 7) is 6.10. The van der Waals surface area contributed by atoms with Gasteiger partial charge in [-0.3, -0.25) is 9.59 Å². The number of hydrogen-bond acceptors (Lipinski definition) is 5. The average molecular weight is 329 g/mol. The lowest BCUT2D eigenvalue weighted by atomic mass is 9.70. The Morgan fingerprint density at radius 1 is 1.09 bits per heavy atom. The molecular weight excluding hydrogens is 306 g/mol. The fraction of sp³-hybridized carbons (Fsp3) is 0.867. The van der Waals surface area contributed by atoms with Crippen LogP contribution < -0.4 is 0 Å². The Labute approximate surface area is 131 Å². The molecule has 2 aliphatic carbocycles. The first-order chi connectivity index (χ1) is 10.3. The number of unbranched alkanes of at least 4 members (excludes halogenated alkanes) is 1. The summed E-state index contributed by atoms with van der Waals surface area (Å²) in [4.78, 5) is 25.0. The number of amides is 2. The van der Waals surface area contributed by atoms with E-state index in [4.69, 9.17) is 4.28 Å². The van der Waals surface area contributed by atoms with Crippen LogP contribution in [-0.4, -0.2) is 31.0 Å². The van der Waals surface area contributed by atoms with Crippen LogP contribution in [0.3, 0.4) is 0 Å². The van der Waals surface area contributed by atoms with E-state index >= 15 is 0 Å². The zero-order valence-corrected chi connectivity index (χ0v) is 14.0. The van der Waals surface area contributed by atoms with Crippen LogP contribution in [0.15, 0.2) is 0 Å². The topological polar surface area (TPSA) is 80.8 Å². The van der Waals surface area contributed by atoms with Gasteiger partial charge in [0.2, 0.25) is 0 Å². The maximum atomic E-state index is 12.5. The van der Waals surface area contributed by atoms with Crippen molar-refractivity contribution >= 4 is 21.9 Å². The van der Waals surface area contributed by atoms with Gasteiger partial charge in [0.1, 0.15) is 0 Å². The molecule has 0 spiro atoms. The SMILES string of the molecule is CCCCS(=O)(=O)ON1C(=O)C2C3CC(C(C)C3C)C2C1=O. The average Bonchev–Trinajstić information content (AvgIpc) is 3.05. The van der Waals surface area contributed by atoms with Crippen LogP contribution >= 0.6 is 0 Å². The van der Waals surface area contributed by atoms with Gasteiger partial charge in [0, 0.05) is 0 Å². The van der Waals surface area contributed by atoms with Gasteiger partial charge in [-0.25, -0.2) is 0 Å². The van der Waals surface area contributed by atoms with Crippen LogP contribution in [0.2, 0.25) is 0 Å². The van der Waals surface area contributed by atoms with E-state index < -0.39 is 21.9 Å². The lowest BCUT2D eigenvalue weighted by Crippen LogP contribution is -2.36. The Balaban J connectivity index is 1.80. The highest BCUT2D eigenvalue weighted by molar-refractivity contribution is 7.86. The predicted octanol–water partition coefficient (Wildman–Crippen LogP) is 1.57. The van der Waals surface area contributed by atoms with Crippen molar-refractivity contribution in [3.8, 4) is 0 Å². The molecule has 3 fully saturated rings. The third-order valence-corrected chi connectivity index (χ3v) is 7.11. The molecule has 1 aliphatic heterocycles. The third-order valence-electron chi connectivity index (χ3n) is 5.94. The number of carbonyl (C=O) groups excluding carboxylic acids is 2. The van der Waals surface area contributed by atoms with E-state index in [0.29, 0.717) is 29.7 Å². The number of fused-ring (bicyclic) bond motifs is 5. The third kappa shape index (κ3) is 2.21. The summed E-state index contributed by atoms with van der Waals surface area (Å²) in [5.41, 5.74) is 0. The lowest BCUT2D eigenvalue weighted by molar-refractivity contribution is -0.166. The van der Waals surface area contributed by atoms with Crippen molar-refractivity contribution in [1.82, 2.24) is 5.06 Å². The van der Waals surface area contributed by atoms with Crippen LogP contribution in [0.25, 0.3) is 0 Å². The number of imide groups is 1. The Hall–Kier alpha value is -0.950. The van der Waals surface area contributed by atoms with Crippen molar-refractivity contribution < 1.29 is 22.3 Å². The monoisotopic (exact) mass is 329 g/mol. The predicted molar refractivity (Wildman–Crippen MR) is 78.5 cm³/mol. The van der Waals surface area contributed by atoms with Crippen LogP contribution in [0.5, 0.6) is 0 Å². The summed E-state index contributed by atoms with van der Waals surface area (Å²) >= 11 is 0. The summed E-state index contributed by atoms with van der Waals surface area (Å²) in [6, 6.07) is 0. The summed E-state index contributed by atoms with van der Waals surface area (Å²) in [5, 5.41) is 0.546. The molecule has 2 bridgehead atoms. The Kier molecular flexibility index (Phi) is 3.84. The maximum absolute atomic E-state index is 12.5. The van der Waals surface area contributed by atoms with Crippen molar-refractivity contribution in [2.75, 3.05) is 5.75 Å². The van der Waals surface area contributed by atoms with Crippen molar-refractivity contribution in [3.63, 3.8) is 0 Å².